The zero-order valence-electron chi connectivity index (χ0n) is 18.0. The highest BCUT2D eigenvalue weighted by atomic mass is 19.4. The predicted octanol–water partition coefficient (Wildman–Crippen LogP) is 4.27. The second-order valence-electron chi connectivity index (χ2n) is 8.06. The van der Waals surface area contributed by atoms with Gasteiger partial charge >= 0.3 is 12.2 Å². The summed E-state index contributed by atoms with van der Waals surface area (Å²) in [5.41, 5.74) is -3.25. The Morgan fingerprint density at radius 3 is 2.46 bits per heavy atom. The SMILES string of the molecule is Cc1ccc(C(=O)[C@@H]2[C@@H](c3ccc(-c4cccc([N+](=O)[O-])c4)o3)NC(=O)N[C@@]2(O)C(F)(F)F)cc1. The molecule has 182 valence electrons. The molecule has 35 heavy (non-hydrogen) atoms. The van der Waals surface area contributed by atoms with E-state index in [1.54, 1.807) is 6.92 Å². The normalized spacial score (nSPS) is 22.3. The third-order valence-corrected chi connectivity index (χ3v) is 5.70. The molecule has 1 aromatic heterocycles. The molecule has 2 amide bonds. The average molecular weight is 489 g/mol. The topological polar surface area (TPSA) is 135 Å². The first-order valence-corrected chi connectivity index (χ1v) is 10.2. The smallest absolute Gasteiger partial charge is 0.437 e. The van der Waals surface area contributed by atoms with Crippen molar-refractivity contribution in [1.82, 2.24) is 10.6 Å². The number of ketones is 1. The van der Waals surface area contributed by atoms with Gasteiger partial charge in [-0.25, -0.2) is 4.79 Å². The van der Waals surface area contributed by atoms with E-state index in [0.717, 1.165) is 5.56 Å². The van der Waals surface area contributed by atoms with Gasteiger partial charge in [-0.3, -0.25) is 14.9 Å². The number of benzene rings is 2. The molecule has 0 radical (unpaired) electrons. The summed E-state index contributed by atoms with van der Waals surface area (Å²) in [6.07, 6.45) is -5.41. The van der Waals surface area contributed by atoms with Crippen LogP contribution in [0.15, 0.2) is 65.1 Å². The van der Waals surface area contributed by atoms with E-state index in [-0.39, 0.29) is 28.3 Å². The Balaban J connectivity index is 1.80. The maximum Gasteiger partial charge on any atom is 0.437 e. The number of rotatable bonds is 5. The predicted molar refractivity (Wildman–Crippen MR) is 115 cm³/mol. The van der Waals surface area contributed by atoms with E-state index in [1.807, 2.05) is 0 Å². The van der Waals surface area contributed by atoms with Crippen LogP contribution in [0.25, 0.3) is 11.3 Å². The number of amides is 2. The fourth-order valence-electron chi connectivity index (χ4n) is 3.92. The number of aryl methyl sites for hydroxylation is 1. The molecule has 12 heteroatoms. The van der Waals surface area contributed by atoms with Gasteiger partial charge in [0.25, 0.3) is 5.69 Å². The molecule has 0 bridgehead atoms. The quantitative estimate of drug-likeness (QED) is 0.278. The number of aliphatic hydroxyl groups is 1. The maximum atomic E-state index is 14.0. The zero-order chi connectivity index (χ0) is 25.5. The summed E-state index contributed by atoms with van der Waals surface area (Å²) in [5.74, 6) is -3.55. The number of hydrogen-bond acceptors (Lipinski definition) is 6. The number of urea groups is 1. The van der Waals surface area contributed by atoms with Gasteiger partial charge < -0.3 is 20.2 Å². The van der Waals surface area contributed by atoms with Crippen molar-refractivity contribution in [1.29, 1.82) is 0 Å². The average Bonchev–Trinajstić information content (AvgIpc) is 3.28. The largest absolute Gasteiger partial charge is 0.459 e. The molecule has 3 aromatic rings. The highest BCUT2D eigenvalue weighted by Crippen LogP contribution is 2.44. The molecular weight excluding hydrogens is 471 g/mol. The van der Waals surface area contributed by atoms with Gasteiger partial charge in [-0.2, -0.15) is 13.2 Å². The summed E-state index contributed by atoms with van der Waals surface area (Å²) in [7, 11) is 0. The standard InChI is InChI=1S/C23H18F3N3O6/c1-12-5-7-13(8-6-12)20(30)18-19(27-21(31)28-22(18,32)23(24,25)26)17-10-9-16(35-17)14-3-2-4-15(11-14)29(33)34/h2-11,18-19,32H,1H3,(H2,27,28,31)/t18-,19+,22-/m0/s1. The van der Waals surface area contributed by atoms with Gasteiger partial charge in [-0.15, -0.1) is 0 Å². The highest BCUT2D eigenvalue weighted by molar-refractivity contribution is 6.00. The van der Waals surface area contributed by atoms with Gasteiger partial charge in [0.05, 0.1) is 4.92 Å². The lowest BCUT2D eigenvalue weighted by molar-refractivity contribution is -0.384. The fourth-order valence-corrected chi connectivity index (χ4v) is 3.92. The van der Waals surface area contributed by atoms with Crippen LogP contribution in [0.5, 0.6) is 0 Å². The minimum atomic E-state index is -5.41. The molecule has 1 aliphatic heterocycles. The van der Waals surface area contributed by atoms with E-state index in [1.165, 1.54) is 66.0 Å². The zero-order valence-corrected chi connectivity index (χ0v) is 18.0. The van der Waals surface area contributed by atoms with Gasteiger partial charge in [0.2, 0.25) is 5.72 Å². The number of halogens is 3. The molecule has 1 fully saturated rings. The van der Waals surface area contributed by atoms with E-state index in [4.69, 9.17) is 4.42 Å². The van der Waals surface area contributed by atoms with Gasteiger partial charge in [-0.1, -0.05) is 42.0 Å². The maximum absolute atomic E-state index is 14.0. The molecular formula is C23H18F3N3O6. The molecule has 0 unspecified atom stereocenters. The number of nitro groups is 1. The lowest BCUT2D eigenvalue weighted by Crippen LogP contribution is -2.72. The minimum Gasteiger partial charge on any atom is -0.459 e. The number of carbonyl (C=O) groups excluding carboxylic acids is 2. The fraction of sp³-hybridized carbons (Fsp3) is 0.217. The highest BCUT2D eigenvalue weighted by Gasteiger charge is 2.66. The van der Waals surface area contributed by atoms with Crippen LogP contribution in [0.3, 0.4) is 0 Å². The number of carbonyl (C=O) groups is 2. The molecule has 0 spiro atoms. The number of hydrogen-bond donors (Lipinski definition) is 3. The van der Waals surface area contributed by atoms with Crippen molar-refractivity contribution in [3.63, 3.8) is 0 Å². The first-order chi connectivity index (χ1) is 16.4. The molecule has 1 saturated heterocycles. The summed E-state index contributed by atoms with van der Waals surface area (Å²) >= 11 is 0. The van der Waals surface area contributed by atoms with Gasteiger partial charge in [0, 0.05) is 23.3 Å². The monoisotopic (exact) mass is 489 g/mol. The summed E-state index contributed by atoms with van der Waals surface area (Å²) in [6.45, 7) is 1.73. The van der Waals surface area contributed by atoms with Crippen LogP contribution < -0.4 is 10.6 Å². The van der Waals surface area contributed by atoms with Gasteiger partial charge in [-0.05, 0) is 19.1 Å². The van der Waals surface area contributed by atoms with Crippen LogP contribution in [0.2, 0.25) is 0 Å². The van der Waals surface area contributed by atoms with Crippen LogP contribution in [-0.2, 0) is 0 Å². The lowest BCUT2D eigenvalue weighted by Gasteiger charge is -2.44. The Labute approximate surface area is 195 Å². The van der Waals surface area contributed by atoms with Crippen LogP contribution in [0.1, 0.15) is 27.7 Å². The number of nitrogens with one attached hydrogen (secondary N) is 2. The molecule has 3 N–H and O–H groups in total. The van der Waals surface area contributed by atoms with Crippen molar-refractivity contribution in [3.8, 4) is 11.3 Å². The molecule has 0 aliphatic carbocycles. The number of Topliss-reactive ketones (excluding diaryl/α,β-unsaturated/α-hetero) is 1. The second-order valence-corrected chi connectivity index (χ2v) is 8.06. The summed E-state index contributed by atoms with van der Waals surface area (Å²) in [5, 5.41) is 25.4. The lowest BCUT2D eigenvalue weighted by atomic mass is 9.79. The summed E-state index contributed by atoms with van der Waals surface area (Å²) < 4.78 is 47.7. The van der Waals surface area contributed by atoms with E-state index >= 15 is 0 Å². The second kappa shape index (κ2) is 8.55. The Kier molecular flexibility index (Phi) is 5.85. The third kappa shape index (κ3) is 4.35. The molecule has 2 heterocycles. The first-order valence-electron chi connectivity index (χ1n) is 10.2. The Hall–Kier alpha value is -4.19. The molecule has 1 aliphatic rings. The third-order valence-electron chi connectivity index (χ3n) is 5.70. The number of nitro benzene ring substituents is 1. The first kappa shape index (κ1) is 24.0. The molecule has 3 atom stereocenters. The number of non-ortho nitro benzene ring substituents is 1. The van der Waals surface area contributed by atoms with Gasteiger partial charge in [0.15, 0.2) is 5.78 Å². The van der Waals surface area contributed by atoms with Crippen molar-refractivity contribution in [2.45, 2.75) is 24.9 Å². The summed E-state index contributed by atoms with van der Waals surface area (Å²) in [6, 6.07) is 10.5. The van der Waals surface area contributed by atoms with Crippen LogP contribution >= 0.6 is 0 Å². The van der Waals surface area contributed by atoms with Crippen molar-refractivity contribution < 1.29 is 37.2 Å². The van der Waals surface area contributed by atoms with Crippen LogP contribution in [-0.4, -0.2) is 33.7 Å². The molecule has 9 nitrogen and oxygen atoms in total. The van der Waals surface area contributed by atoms with Crippen molar-refractivity contribution in [3.05, 3.63) is 87.7 Å². The minimum absolute atomic E-state index is 0.0496. The molecule has 2 aromatic carbocycles. The number of furan rings is 1. The number of alkyl halides is 3. The van der Waals surface area contributed by atoms with Gasteiger partial charge in [0.1, 0.15) is 23.5 Å². The summed E-state index contributed by atoms with van der Waals surface area (Å²) in [4.78, 5) is 35.9. The van der Waals surface area contributed by atoms with E-state index in [0.29, 0.717) is 0 Å². The Morgan fingerprint density at radius 2 is 1.83 bits per heavy atom. The van der Waals surface area contributed by atoms with Crippen LogP contribution in [0.4, 0.5) is 23.7 Å². The Morgan fingerprint density at radius 1 is 1.14 bits per heavy atom. The molecule has 4 rings (SSSR count). The van der Waals surface area contributed by atoms with Crippen molar-refractivity contribution >= 4 is 17.5 Å². The Bertz CT molecular complexity index is 1300. The van der Waals surface area contributed by atoms with E-state index in [2.05, 4.69) is 5.32 Å². The van der Waals surface area contributed by atoms with Crippen LogP contribution in [0, 0.1) is 23.0 Å². The van der Waals surface area contributed by atoms with Crippen molar-refractivity contribution in [2.24, 2.45) is 5.92 Å². The molecule has 0 saturated carbocycles. The van der Waals surface area contributed by atoms with E-state index in [9.17, 15) is 38.0 Å². The van der Waals surface area contributed by atoms with Crippen molar-refractivity contribution in [2.75, 3.05) is 0 Å². The number of nitrogens with zero attached hydrogens (tertiary/aromatic N) is 1. The van der Waals surface area contributed by atoms with E-state index < -0.39 is 40.6 Å².